The van der Waals surface area contributed by atoms with Gasteiger partial charge >= 0.3 is 5.97 Å². The maximum atomic E-state index is 12.8. The maximum Gasteiger partial charge on any atom is 0.312 e. The van der Waals surface area contributed by atoms with Gasteiger partial charge in [-0.25, -0.2) is 0 Å². The second-order valence-electron chi connectivity index (χ2n) is 8.65. The van der Waals surface area contributed by atoms with Crippen molar-refractivity contribution in [3.63, 3.8) is 0 Å². The molecule has 5 rings (SSSR count). The molecule has 1 N–H and O–H groups in total. The normalized spacial score (nSPS) is 31.9. The summed E-state index contributed by atoms with van der Waals surface area (Å²) in [6.07, 6.45) is 5.01. The molecule has 4 saturated carbocycles. The van der Waals surface area contributed by atoms with Crippen molar-refractivity contribution in [1.29, 1.82) is 0 Å². The van der Waals surface area contributed by atoms with Crippen LogP contribution in [0.5, 0.6) is 0 Å². The predicted octanol–water partition coefficient (Wildman–Crippen LogP) is 2.97. The highest BCUT2D eigenvalue weighted by Gasteiger charge is 2.60. The highest BCUT2D eigenvalue weighted by molar-refractivity contribution is 6.24. The number of carbonyl (C=O) groups is 3. The Morgan fingerprint density at radius 1 is 1.21 bits per heavy atom. The van der Waals surface area contributed by atoms with E-state index in [0.717, 1.165) is 38.2 Å². The number of benzene rings is 1. The van der Waals surface area contributed by atoms with E-state index in [0.29, 0.717) is 18.3 Å². The lowest BCUT2D eigenvalue weighted by Crippen LogP contribution is -2.56. The molecule has 4 aliphatic rings. The summed E-state index contributed by atoms with van der Waals surface area (Å²) in [6.45, 7) is -0.578. The molecule has 8 nitrogen and oxygen atoms in total. The molecule has 4 bridgehead atoms. The van der Waals surface area contributed by atoms with E-state index in [1.165, 1.54) is 18.2 Å². The van der Waals surface area contributed by atoms with Gasteiger partial charge in [-0.2, -0.15) is 0 Å². The van der Waals surface area contributed by atoms with Crippen molar-refractivity contribution < 1.29 is 24.0 Å². The second kappa shape index (κ2) is 7.09. The van der Waals surface area contributed by atoms with Crippen LogP contribution in [-0.4, -0.2) is 34.2 Å². The number of non-ortho nitro benzene ring substituents is 1. The van der Waals surface area contributed by atoms with Crippen LogP contribution in [0.3, 0.4) is 0 Å². The minimum absolute atomic E-state index is 0.0240. The summed E-state index contributed by atoms with van der Waals surface area (Å²) in [6, 6.07) is 5.03. The molecule has 0 aliphatic heterocycles. The highest BCUT2D eigenvalue weighted by Crippen LogP contribution is 2.64. The van der Waals surface area contributed by atoms with Gasteiger partial charge in [0.15, 0.2) is 6.61 Å². The number of carbonyl (C=O) groups excluding carboxylic acids is 3. The lowest BCUT2D eigenvalue weighted by Gasteiger charge is -2.58. The molecule has 0 saturated heterocycles. The van der Waals surface area contributed by atoms with Gasteiger partial charge in [-0.15, -0.1) is 11.6 Å². The molecule has 0 aromatic heterocycles. The first-order valence-corrected chi connectivity index (χ1v) is 10.0. The van der Waals surface area contributed by atoms with Crippen LogP contribution in [0.2, 0.25) is 0 Å². The molecule has 154 valence electrons. The summed E-state index contributed by atoms with van der Waals surface area (Å²) >= 11 is 6.72. The number of rotatable bonds is 5. The third-order valence-corrected chi connectivity index (χ3v) is 6.77. The van der Waals surface area contributed by atoms with Gasteiger partial charge in [0.05, 0.1) is 10.3 Å². The van der Waals surface area contributed by atoms with E-state index < -0.39 is 34.7 Å². The number of hydrogen-bond acceptors (Lipinski definition) is 6. The number of imide groups is 1. The van der Waals surface area contributed by atoms with Crippen LogP contribution in [0.4, 0.5) is 5.69 Å². The van der Waals surface area contributed by atoms with Crippen LogP contribution in [-0.2, 0) is 14.3 Å². The molecule has 4 aliphatic carbocycles. The third kappa shape index (κ3) is 3.85. The van der Waals surface area contributed by atoms with Crippen LogP contribution < -0.4 is 5.32 Å². The van der Waals surface area contributed by atoms with E-state index >= 15 is 0 Å². The first-order chi connectivity index (χ1) is 13.7. The van der Waals surface area contributed by atoms with Crippen molar-refractivity contribution in [2.75, 3.05) is 6.61 Å². The van der Waals surface area contributed by atoms with E-state index in [1.54, 1.807) is 0 Å². The Balaban J connectivity index is 1.34. The number of ether oxygens (including phenoxy) is 1. The van der Waals surface area contributed by atoms with Gasteiger partial charge in [-0.1, -0.05) is 6.07 Å². The van der Waals surface area contributed by atoms with Crippen LogP contribution in [0, 0.1) is 27.4 Å². The van der Waals surface area contributed by atoms with Crippen molar-refractivity contribution in [3.8, 4) is 0 Å². The molecule has 9 heteroatoms. The largest absolute Gasteiger partial charge is 0.455 e. The van der Waals surface area contributed by atoms with Crippen molar-refractivity contribution in [2.45, 2.75) is 43.4 Å². The van der Waals surface area contributed by atoms with Gasteiger partial charge in [0.2, 0.25) is 0 Å². The van der Waals surface area contributed by atoms with E-state index in [2.05, 4.69) is 5.32 Å². The molecule has 0 unspecified atom stereocenters. The summed E-state index contributed by atoms with van der Waals surface area (Å²) in [5.74, 6) is -1.14. The monoisotopic (exact) mass is 420 g/mol. The SMILES string of the molecule is O=C(COC(=O)C12C[C@H]3C[C@@H](CC(Cl)(C3)C1)C2)NC(=O)c1cccc([N+](=O)[O-])c1. The van der Waals surface area contributed by atoms with Gasteiger partial charge in [-0.05, 0) is 56.4 Å². The number of alkyl halides is 1. The molecular formula is C20H21ClN2O6. The maximum absolute atomic E-state index is 12.8. The number of esters is 1. The highest BCUT2D eigenvalue weighted by atomic mass is 35.5. The van der Waals surface area contributed by atoms with Crippen molar-refractivity contribution in [1.82, 2.24) is 5.32 Å². The van der Waals surface area contributed by atoms with Gasteiger partial charge in [0, 0.05) is 22.6 Å². The first-order valence-electron chi connectivity index (χ1n) is 9.63. The van der Waals surface area contributed by atoms with E-state index in [9.17, 15) is 24.5 Å². The molecule has 29 heavy (non-hydrogen) atoms. The second-order valence-corrected chi connectivity index (χ2v) is 9.45. The van der Waals surface area contributed by atoms with Gasteiger partial charge in [-0.3, -0.25) is 29.8 Å². The fourth-order valence-corrected chi connectivity index (χ4v) is 6.36. The van der Waals surface area contributed by atoms with Crippen LogP contribution >= 0.6 is 11.6 Å². The van der Waals surface area contributed by atoms with Gasteiger partial charge < -0.3 is 4.74 Å². The third-order valence-electron chi connectivity index (χ3n) is 6.33. The Kier molecular flexibility index (Phi) is 4.85. The quantitative estimate of drug-likeness (QED) is 0.339. The number of nitro groups is 1. The smallest absolute Gasteiger partial charge is 0.312 e. The molecule has 1 aromatic rings. The summed E-state index contributed by atoms with van der Waals surface area (Å²) in [5, 5.41) is 12.9. The Hall–Kier alpha value is -2.48. The number of halogens is 1. The molecule has 2 amide bonds. The fourth-order valence-electron chi connectivity index (χ4n) is 5.67. The van der Waals surface area contributed by atoms with Crippen LogP contribution in [0.1, 0.15) is 48.9 Å². The molecule has 1 aromatic carbocycles. The summed E-state index contributed by atoms with van der Waals surface area (Å²) in [7, 11) is 0. The zero-order valence-electron chi connectivity index (χ0n) is 15.7. The predicted molar refractivity (Wildman–Crippen MR) is 102 cm³/mol. The van der Waals surface area contributed by atoms with Crippen molar-refractivity contribution in [3.05, 3.63) is 39.9 Å². The molecular weight excluding hydrogens is 400 g/mol. The minimum atomic E-state index is -0.788. The standard InChI is InChI=1S/C20H21ClN2O6/c21-20-8-12-4-13(9-20)7-19(6-12,11-20)18(26)29-10-16(24)22-17(25)14-2-1-3-15(5-14)23(27)28/h1-3,5,12-13H,4,6-11H2,(H,22,24,25)/t12-,13-,19?,20?/m1/s1. The number of amides is 2. The fraction of sp³-hybridized carbons (Fsp3) is 0.550. The number of nitro benzene ring substituents is 1. The van der Waals surface area contributed by atoms with E-state index in [-0.39, 0.29) is 16.1 Å². The summed E-state index contributed by atoms with van der Waals surface area (Å²) in [5.41, 5.74) is -0.909. The molecule has 0 spiro atoms. The Labute approximate surface area is 172 Å². The summed E-state index contributed by atoms with van der Waals surface area (Å²) in [4.78, 5) is 46.8. The zero-order valence-corrected chi connectivity index (χ0v) is 16.4. The molecule has 0 radical (unpaired) electrons. The lowest BCUT2D eigenvalue weighted by atomic mass is 9.49. The average Bonchev–Trinajstić information content (AvgIpc) is 2.64. The number of hydrogen-bond donors (Lipinski definition) is 1. The Morgan fingerprint density at radius 2 is 1.90 bits per heavy atom. The number of nitrogens with zero attached hydrogens (tertiary/aromatic N) is 1. The van der Waals surface area contributed by atoms with Gasteiger partial charge in [0.1, 0.15) is 0 Å². The molecule has 4 fully saturated rings. The number of nitrogens with one attached hydrogen (secondary N) is 1. The van der Waals surface area contributed by atoms with Crippen molar-refractivity contribution in [2.24, 2.45) is 17.3 Å². The van der Waals surface area contributed by atoms with Crippen LogP contribution in [0.25, 0.3) is 0 Å². The average molecular weight is 421 g/mol. The molecule has 0 heterocycles. The zero-order chi connectivity index (χ0) is 20.8. The van der Waals surface area contributed by atoms with E-state index in [4.69, 9.17) is 16.3 Å². The lowest BCUT2D eigenvalue weighted by molar-refractivity contribution is -0.384. The van der Waals surface area contributed by atoms with E-state index in [1.807, 2.05) is 0 Å². The topological polar surface area (TPSA) is 116 Å². The van der Waals surface area contributed by atoms with Crippen molar-refractivity contribution >= 4 is 35.1 Å². The Bertz CT molecular complexity index is 887. The molecule has 2 atom stereocenters. The minimum Gasteiger partial charge on any atom is -0.455 e. The van der Waals surface area contributed by atoms with Gasteiger partial charge in [0.25, 0.3) is 17.5 Å². The summed E-state index contributed by atoms with van der Waals surface area (Å²) < 4.78 is 5.26. The Morgan fingerprint density at radius 3 is 2.52 bits per heavy atom. The first kappa shape index (κ1) is 19.8. The van der Waals surface area contributed by atoms with Crippen LogP contribution in [0.15, 0.2) is 24.3 Å².